The Morgan fingerprint density at radius 3 is 2.52 bits per heavy atom. The second-order valence-electron chi connectivity index (χ2n) is 4.95. The molecule has 0 saturated carbocycles. The lowest BCUT2D eigenvalue weighted by atomic mass is 10.2. The lowest BCUT2D eigenvalue weighted by Crippen LogP contribution is -2.35. The number of anilines is 1. The Hall–Kier alpha value is -2.40. The summed E-state index contributed by atoms with van der Waals surface area (Å²) in [7, 11) is 0. The lowest BCUT2D eigenvalue weighted by molar-refractivity contribution is -0.117. The summed E-state index contributed by atoms with van der Waals surface area (Å²) in [5, 5.41) is 6.09. The second kappa shape index (κ2) is 6.37. The zero-order valence-electron chi connectivity index (χ0n) is 11.6. The maximum Gasteiger partial charge on any atom is 0.241 e. The molecule has 2 N–H and O–H groups in total. The van der Waals surface area contributed by atoms with Crippen LogP contribution in [0.2, 0.25) is 0 Å². The highest BCUT2D eigenvalue weighted by Crippen LogP contribution is 2.22. The summed E-state index contributed by atoms with van der Waals surface area (Å²) in [5.74, 6) is 1.48. The first kappa shape index (κ1) is 13.6. The van der Waals surface area contributed by atoms with Crippen molar-refractivity contribution in [2.24, 2.45) is 0 Å². The van der Waals surface area contributed by atoms with Crippen molar-refractivity contribution >= 4 is 11.6 Å². The van der Waals surface area contributed by atoms with E-state index in [-0.39, 0.29) is 11.9 Å². The van der Waals surface area contributed by atoms with E-state index in [1.54, 1.807) is 24.5 Å². The van der Waals surface area contributed by atoms with Gasteiger partial charge < -0.3 is 15.4 Å². The van der Waals surface area contributed by atoms with Crippen LogP contribution < -0.4 is 15.4 Å². The van der Waals surface area contributed by atoms with Crippen molar-refractivity contribution in [1.29, 1.82) is 0 Å². The summed E-state index contributed by atoms with van der Waals surface area (Å²) in [6.07, 6.45) is 5.31. The topological polar surface area (TPSA) is 63.2 Å². The molecule has 5 nitrogen and oxygen atoms in total. The van der Waals surface area contributed by atoms with Crippen molar-refractivity contribution < 1.29 is 9.53 Å². The molecule has 1 atom stereocenters. The first-order chi connectivity index (χ1) is 10.3. The number of rotatable bonds is 4. The fourth-order valence-electron chi connectivity index (χ4n) is 2.29. The van der Waals surface area contributed by atoms with Crippen LogP contribution in [0.25, 0.3) is 0 Å². The van der Waals surface area contributed by atoms with Crippen LogP contribution in [-0.4, -0.2) is 23.5 Å². The van der Waals surface area contributed by atoms with E-state index in [2.05, 4.69) is 15.6 Å². The van der Waals surface area contributed by atoms with Crippen molar-refractivity contribution in [3.05, 3.63) is 48.8 Å². The first-order valence-electron chi connectivity index (χ1n) is 7.03. The van der Waals surface area contributed by atoms with Crippen LogP contribution in [0.4, 0.5) is 5.69 Å². The maximum atomic E-state index is 12.0. The smallest absolute Gasteiger partial charge is 0.241 e. The van der Waals surface area contributed by atoms with Crippen LogP contribution in [0.15, 0.2) is 48.8 Å². The Kier molecular flexibility index (Phi) is 4.12. The van der Waals surface area contributed by atoms with Crippen LogP contribution in [0.1, 0.15) is 12.8 Å². The van der Waals surface area contributed by atoms with Gasteiger partial charge in [0.2, 0.25) is 5.91 Å². The van der Waals surface area contributed by atoms with Crippen molar-refractivity contribution in [2.75, 3.05) is 11.9 Å². The molecule has 0 radical (unpaired) electrons. The zero-order chi connectivity index (χ0) is 14.5. The Morgan fingerprint density at radius 2 is 1.86 bits per heavy atom. The van der Waals surface area contributed by atoms with E-state index < -0.39 is 0 Å². The van der Waals surface area contributed by atoms with Gasteiger partial charge in [-0.1, -0.05) is 0 Å². The van der Waals surface area contributed by atoms with E-state index in [1.807, 2.05) is 24.3 Å². The molecule has 21 heavy (non-hydrogen) atoms. The van der Waals surface area contributed by atoms with Crippen molar-refractivity contribution in [3.63, 3.8) is 0 Å². The molecule has 2 aromatic rings. The summed E-state index contributed by atoms with van der Waals surface area (Å²) in [6.45, 7) is 0.913. The monoisotopic (exact) mass is 283 g/mol. The Morgan fingerprint density at radius 1 is 1.14 bits per heavy atom. The first-order valence-corrected chi connectivity index (χ1v) is 7.03. The number of hydrogen-bond acceptors (Lipinski definition) is 4. The quantitative estimate of drug-likeness (QED) is 0.905. The molecule has 108 valence electrons. The van der Waals surface area contributed by atoms with Gasteiger partial charge in [-0.15, -0.1) is 0 Å². The van der Waals surface area contributed by atoms with Gasteiger partial charge >= 0.3 is 0 Å². The van der Waals surface area contributed by atoms with Crippen LogP contribution in [0.5, 0.6) is 11.5 Å². The largest absolute Gasteiger partial charge is 0.457 e. The van der Waals surface area contributed by atoms with Gasteiger partial charge in [0.1, 0.15) is 11.5 Å². The molecule has 5 heteroatoms. The molecule has 1 fully saturated rings. The average Bonchev–Trinajstić information content (AvgIpc) is 3.05. The van der Waals surface area contributed by atoms with E-state index >= 15 is 0 Å². The summed E-state index contributed by atoms with van der Waals surface area (Å²) in [4.78, 5) is 15.9. The fourth-order valence-corrected chi connectivity index (χ4v) is 2.29. The molecule has 1 aliphatic heterocycles. The van der Waals surface area contributed by atoms with E-state index in [9.17, 15) is 4.79 Å². The number of amides is 1. The molecule has 1 aliphatic rings. The number of hydrogen-bond donors (Lipinski definition) is 2. The fraction of sp³-hybridized carbons (Fsp3) is 0.250. The molecule has 1 aromatic carbocycles. The number of carbonyl (C=O) groups excluding carboxylic acids is 1. The minimum Gasteiger partial charge on any atom is -0.457 e. The van der Waals surface area contributed by atoms with E-state index in [0.29, 0.717) is 0 Å². The molecule has 2 heterocycles. The Bertz CT molecular complexity index is 593. The number of ether oxygens (including phenoxy) is 1. The van der Waals surface area contributed by atoms with Gasteiger partial charge in [0.15, 0.2) is 0 Å². The highest BCUT2D eigenvalue weighted by molar-refractivity contribution is 5.95. The minimum absolute atomic E-state index is 0.0234. The number of carbonyl (C=O) groups is 1. The third-order valence-corrected chi connectivity index (χ3v) is 3.38. The Balaban J connectivity index is 1.60. The summed E-state index contributed by atoms with van der Waals surface area (Å²) in [5.41, 5.74) is 0.774. The normalized spacial score (nSPS) is 17.4. The predicted octanol–water partition coefficient (Wildman–Crippen LogP) is 2.56. The SMILES string of the molecule is O=C(Nc1ccc(Oc2ccncc2)cc1)C1CCCN1. The third kappa shape index (κ3) is 3.58. The van der Waals surface area contributed by atoms with Crippen LogP contribution in [-0.2, 0) is 4.79 Å². The van der Waals surface area contributed by atoms with Crippen LogP contribution in [0, 0.1) is 0 Å². The number of nitrogens with one attached hydrogen (secondary N) is 2. The van der Waals surface area contributed by atoms with Gasteiger partial charge in [-0.25, -0.2) is 0 Å². The van der Waals surface area contributed by atoms with Gasteiger partial charge in [0.05, 0.1) is 6.04 Å². The summed E-state index contributed by atoms with van der Waals surface area (Å²) < 4.78 is 5.67. The maximum absolute atomic E-state index is 12.0. The third-order valence-electron chi connectivity index (χ3n) is 3.38. The van der Waals surface area contributed by atoms with Crippen molar-refractivity contribution in [2.45, 2.75) is 18.9 Å². The number of pyridine rings is 1. The second-order valence-corrected chi connectivity index (χ2v) is 4.95. The number of aromatic nitrogens is 1. The molecule has 1 amide bonds. The van der Waals surface area contributed by atoms with Crippen molar-refractivity contribution in [1.82, 2.24) is 10.3 Å². The van der Waals surface area contributed by atoms with Crippen LogP contribution >= 0.6 is 0 Å². The van der Waals surface area contributed by atoms with Gasteiger partial charge in [0, 0.05) is 18.1 Å². The molecule has 0 aliphatic carbocycles. The highest BCUT2D eigenvalue weighted by atomic mass is 16.5. The van der Waals surface area contributed by atoms with E-state index in [0.717, 1.165) is 36.6 Å². The molecule has 0 spiro atoms. The van der Waals surface area contributed by atoms with Gasteiger partial charge in [-0.2, -0.15) is 0 Å². The molecular formula is C16H17N3O2. The zero-order valence-corrected chi connectivity index (χ0v) is 11.6. The lowest BCUT2D eigenvalue weighted by Gasteiger charge is -2.11. The molecule has 1 saturated heterocycles. The minimum atomic E-state index is -0.0715. The molecule has 1 unspecified atom stereocenters. The summed E-state index contributed by atoms with van der Waals surface area (Å²) in [6, 6.07) is 10.9. The van der Waals surface area contributed by atoms with E-state index in [1.165, 1.54) is 0 Å². The molecule has 3 rings (SSSR count). The standard InChI is InChI=1S/C16H17N3O2/c20-16(15-2-1-9-18-15)19-12-3-5-13(6-4-12)21-14-7-10-17-11-8-14/h3-8,10-11,15,18H,1-2,9H2,(H,19,20). The van der Waals surface area contributed by atoms with E-state index in [4.69, 9.17) is 4.74 Å². The van der Waals surface area contributed by atoms with Gasteiger partial charge in [-0.05, 0) is 55.8 Å². The molecular weight excluding hydrogens is 266 g/mol. The molecule has 1 aromatic heterocycles. The average molecular weight is 283 g/mol. The summed E-state index contributed by atoms with van der Waals surface area (Å²) >= 11 is 0. The highest BCUT2D eigenvalue weighted by Gasteiger charge is 2.21. The Labute approximate surface area is 123 Å². The van der Waals surface area contributed by atoms with Crippen LogP contribution in [0.3, 0.4) is 0 Å². The number of nitrogens with zero attached hydrogens (tertiary/aromatic N) is 1. The number of benzene rings is 1. The molecule has 0 bridgehead atoms. The van der Waals surface area contributed by atoms with Crippen molar-refractivity contribution in [3.8, 4) is 11.5 Å². The predicted molar refractivity (Wildman–Crippen MR) is 80.4 cm³/mol. The van der Waals surface area contributed by atoms with Gasteiger partial charge in [-0.3, -0.25) is 9.78 Å². The van der Waals surface area contributed by atoms with Gasteiger partial charge in [0.25, 0.3) is 0 Å².